The van der Waals surface area contributed by atoms with Crippen LogP contribution in [0.25, 0.3) is 10.2 Å². The number of nitrogens with zero attached hydrogens (tertiary/aromatic N) is 3. The summed E-state index contributed by atoms with van der Waals surface area (Å²) < 4.78 is 1.11. The average Bonchev–Trinajstić information content (AvgIpc) is 3.20. The van der Waals surface area contributed by atoms with Gasteiger partial charge in [0.25, 0.3) is 0 Å². The zero-order valence-corrected chi connectivity index (χ0v) is 18.7. The first-order valence-electron chi connectivity index (χ1n) is 9.91. The molecule has 2 heterocycles. The molecule has 0 saturated heterocycles. The van der Waals surface area contributed by atoms with Crippen LogP contribution in [0.2, 0.25) is 0 Å². The van der Waals surface area contributed by atoms with E-state index in [1.807, 2.05) is 24.3 Å². The second-order valence-corrected chi connectivity index (χ2v) is 9.11. The first kappa shape index (κ1) is 20.6. The van der Waals surface area contributed by atoms with Gasteiger partial charge in [-0.3, -0.25) is 14.7 Å². The SMILES string of the molecule is CCc1ccc2nc(N(Cc3ccccn3)C(=O)CSc3ccc(C)cc3)sc2c1. The van der Waals surface area contributed by atoms with Crippen molar-refractivity contribution in [2.75, 3.05) is 10.7 Å². The molecule has 4 aromatic rings. The lowest BCUT2D eigenvalue weighted by Gasteiger charge is -2.19. The number of hydrogen-bond donors (Lipinski definition) is 0. The quantitative estimate of drug-likeness (QED) is 0.341. The van der Waals surface area contributed by atoms with Gasteiger partial charge in [-0.05, 0) is 55.3 Å². The standard InChI is InChI=1S/C24H23N3OS2/c1-3-18-9-12-21-22(14-18)30-24(26-21)27(15-19-6-4-5-13-25-19)23(28)16-29-20-10-7-17(2)8-11-20/h4-14H,3,15-16H2,1-2H3. The Bertz CT molecular complexity index is 1140. The number of thiazole rings is 1. The number of carbonyl (C=O) groups is 1. The molecule has 0 aliphatic heterocycles. The molecule has 0 unspecified atom stereocenters. The van der Waals surface area contributed by atoms with Crippen LogP contribution < -0.4 is 4.90 Å². The number of aryl methyl sites for hydroxylation is 2. The van der Waals surface area contributed by atoms with Crippen molar-refractivity contribution in [1.29, 1.82) is 0 Å². The molecular weight excluding hydrogens is 410 g/mol. The normalized spacial score (nSPS) is 11.0. The van der Waals surface area contributed by atoms with E-state index in [-0.39, 0.29) is 5.91 Å². The molecule has 1 amide bonds. The number of amides is 1. The van der Waals surface area contributed by atoms with Crippen LogP contribution in [0.3, 0.4) is 0 Å². The minimum absolute atomic E-state index is 0.0287. The van der Waals surface area contributed by atoms with Gasteiger partial charge >= 0.3 is 0 Å². The highest BCUT2D eigenvalue weighted by atomic mass is 32.2. The number of thioether (sulfide) groups is 1. The summed E-state index contributed by atoms with van der Waals surface area (Å²) in [5.41, 5.74) is 4.26. The second kappa shape index (κ2) is 9.41. The van der Waals surface area contributed by atoms with Crippen molar-refractivity contribution in [3.05, 3.63) is 83.7 Å². The Hall–Kier alpha value is -2.70. The van der Waals surface area contributed by atoms with Crippen molar-refractivity contribution >= 4 is 44.4 Å². The summed E-state index contributed by atoms with van der Waals surface area (Å²) in [4.78, 5) is 25.3. The average molecular weight is 434 g/mol. The van der Waals surface area contributed by atoms with Crippen LogP contribution in [0, 0.1) is 6.92 Å². The monoisotopic (exact) mass is 433 g/mol. The predicted molar refractivity (Wildman–Crippen MR) is 126 cm³/mol. The second-order valence-electron chi connectivity index (χ2n) is 7.05. The molecular formula is C24H23N3OS2. The number of benzene rings is 2. The van der Waals surface area contributed by atoms with Crippen molar-refractivity contribution in [3.8, 4) is 0 Å². The lowest BCUT2D eigenvalue weighted by Crippen LogP contribution is -2.32. The van der Waals surface area contributed by atoms with E-state index in [2.05, 4.69) is 55.2 Å². The number of carbonyl (C=O) groups excluding carboxylic acids is 1. The van der Waals surface area contributed by atoms with Gasteiger partial charge < -0.3 is 0 Å². The van der Waals surface area contributed by atoms with Crippen LogP contribution in [-0.4, -0.2) is 21.6 Å². The molecule has 0 N–H and O–H groups in total. The lowest BCUT2D eigenvalue weighted by molar-refractivity contribution is -0.116. The zero-order chi connectivity index (χ0) is 20.9. The van der Waals surface area contributed by atoms with Crippen molar-refractivity contribution in [2.24, 2.45) is 0 Å². The highest BCUT2D eigenvalue weighted by Crippen LogP contribution is 2.31. The molecule has 6 heteroatoms. The summed E-state index contributed by atoms with van der Waals surface area (Å²) >= 11 is 3.11. The van der Waals surface area contributed by atoms with Crippen LogP contribution in [0.15, 0.2) is 71.8 Å². The van der Waals surface area contributed by atoms with Gasteiger partial charge in [0.15, 0.2) is 5.13 Å². The molecule has 2 aromatic carbocycles. The Morgan fingerprint density at radius 3 is 2.67 bits per heavy atom. The van der Waals surface area contributed by atoms with E-state index in [1.54, 1.807) is 34.2 Å². The molecule has 0 spiro atoms. The Morgan fingerprint density at radius 2 is 1.93 bits per heavy atom. The minimum Gasteiger partial charge on any atom is -0.281 e. The number of hydrogen-bond acceptors (Lipinski definition) is 5. The maximum atomic E-state index is 13.2. The molecule has 0 aliphatic carbocycles. The molecule has 0 aliphatic rings. The summed E-state index contributed by atoms with van der Waals surface area (Å²) in [5.74, 6) is 0.382. The summed E-state index contributed by atoms with van der Waals surface area (Å²) in [5, 5.41) is 0.721. The fourth-order valence-corrected chi connectivity index (χ4v) is 4.89. The Morgan fingerprint density at radius 1 is 1.10 bits per heavy atom. The first-order valence-corrected chi connectivity index (χ1v) is 11.7. The molecule has 0 fully saturated rings. The van der Waals surface area contributed by atoms with Crippen LogP contribution in [-0.2, 0) is 17.8 Å². The molecule has 0 atom stereocenters. The molecule has 0 bridgehead atoms. The summed E-state index contributed by atoms with van der Waals surface area (Å²) in [7, 11) is 0. The molecule has 4 rings (SSSR count). The van der Waals surface area contributed by atoms with E-state index in [1.165, 1.54) is 11.1 Å². The van der Waals surface area contributed by atoms with Gasteiger partial charge in [0, 0.05) is 11.1 Å². The van der Waals surface area contributed by atoms with Crippen molar-refractivity contribution in [3.63, 3.8) is 0 Å². The highest BCUT2D eigenvalue weighted by molar-refractivity contribution is 8.00. The largest absolute Gasteiger partial charge is 0.281 e. The van der Waals surface area contributed by atoms with Crippen LogP contribution in [0.4, 0.5) is 5.13 Å². The van der Waals surface area contributed by atoms with E-state index in [0.717, 1.165) is 32.4 Å². The van der Waals surface area contributed by atoms with E-state index in [9.17, 15) is 4.79 Å². The highest BCUT2D eigenvalue weighted by Gasteiger charge is 2.21. The number of anilines is 1. The molecule has 2 aromatic heterocycles. The zero-order valence-electron chi connectivity index (χ0n) is 17.0. The fourth-order valence-electron chi connectivity index (χ4n) is 3.07. The molecule has 30 heavy (non-hydrogen) atoms. The summed E-state index contributed by atoms with van der Waals surface area (Å²) in [6, 6.07) is 20.3. The summed E-state index contributed by atoms with van der Waals surface area (Å²) in [6.45, 7) is 4.61. The smallest absolute Gasteiger partial charge is 0.239 e. The van der Waals surface area contributed by atoms with Gasteiger partial charge in [-0.15, -0.1) is 11.8 Å². The van der Waals surface area contributed by atoms with E-state index >= 15 is 0 Å². The molecule has 0 saturated carbocycles. The van der Waals surface area contributed by atoms with Crippen molar-refractivity contribution < 1.29 is 4.79 Å². The third kappa shape index (κ3) is 4.89. The molecule has 0 radical (unpaired) electrons. The van der Waals surface area contributed by atoms with Crippen molar-refractivity contribution in [2.45, 2.75) is 31.7 Å². The van der Waals surface area contributed by atoms with E-state index in [0.29, 0.717) is 12.3 Å². The maximum absolute atomic E-state index is 13.2. The van der Waals surface area contributed by atoms with Gasteiger partial charge in [0.2, 0.25) is 5.91 Å². The van der Waals surface area contributed by atoms with Gasteiger partial charge in [-0.1, -0.05) is 48.1 Å². The minimum atomic E-state index is 0.0287. The third-order valence-corrected chi connectivity index (χ3v) is 6.85. The van der Waals surface area contributed by atoms with Crippen molar-refractivity contribution in [1.82, 2.24) is 9.97 Å². The third-order valence-electron chi connectivity index (χ3n) is 4.81. The Balaban J connectivity index is 1.60. The van der Waals surface area contributed by atoms with Gasteiger partial charge in [0.1, 0.15) is 0 Å². The Kier molecular flexibility index (Phi) is 6.45. The summed E-state index contributed by atoms with van der Waals surface area (Å²) in [6.07, 6.45) is 2.73. The number of pyridine rings is 1. The van der Waals surface area contributed by atoms with E-state index in [4.69, 9.17) is 4.98 Å². The topological polar surface area (TPSA) is 46.1 Å². The molecule has 152 valence electrons. The lowest BCUT2D eigenvalue weighted by atomic mass is 10.2. The van der Waals surface area contributed by atoms with Gasteiger partial charge in [-0.25, -0.2) is 4.98 Å². The number of fused-ring (bicyclic) bond motifs is 1. The van der Waals surface area contributed by atoms with E-state index < -0.39 is 0 Å². The first-order chi connectivity index (χ1) is 14.6. The van der Waals surface area contributed by atoms with Crippen LogP contribution >= 0.6 is 23.1 Å². The van der Waals surface area contributed by atoms with Crippen LogP contribution in [0.1, 0.15) is 23.7 Å². The Labute approximate surface area is 185 Å². The van der Waals surface area contributed by atoms with Gasteiger partial charge in [-0.2, -0.15) is 0 Å². The van der Waals surface area contributed by atoms with Gasteiger partial charge in [0.05, 0.1) is 28.2 Å². The predicted octanol–water partition coefficient (Wildman–Crippen LogP) is 5.89. The number of rotatable bonds is 7. The maximum Gasteiger partial charge on any atom is 0.239 e. The molecule has 4 nitrogen and oxygen atoms in total. The number of aromatic nitrogens is 2. The van der Waals surface area contributed by atoms with Crippen LogP contribution in [0.5, 0.6) is 0 Å². The fraction of sp³-hybridized carbons (Fsp3) is 0.208.